The van der Waals surface area contributed by atoms with Crippen molar-refractivity contribution < 1.29 is 0 Å². The van der Waals surface area contributed by atoms with Crippen LogP contribution >= 0.6 is 34.5 Å². The summed E-state index contributed by atoms with van der Waals surface area (Å²) in [7, 11) is 0. The topological polar surface area (TPSA) is 12.0 Å². The van der Waals surface area contributed by atoms with Gasteiger partial charge in [-0.3, -0.25) is 0 Å². The Labute approximate surface area is 128 Å². The van der Waals surface area contributed by atoms with E-state index in [4.69, 9.17) is 23.2 Å². The minimum absolute atomic E-state index is 0.159. The van der Waals surface area contributed by atoms with Crippen molar-refractivity contribution in [3.05, 3.63) is 55.7 Å². The lowest BCUT2D eigenvalue weighted by molar-refractivity contribution is 0.640. The van der Waals surface area contributed by atoms with Crippen LogP contribution < -0.4 is 5.32 Å². The third-order valence-corrected chi connectivity index (χ3v) is 4.67. The van der Waals surface area contributed by atoms with Crippen molar-refractivity contribution in [3.8, 4) is 0 Å². The normalized spacial score (nSPS) is 12.6. The number of halogens is 2. The molecule has 0 saturated heterocycles. The fourth-order valence-corrected chi connectivity index (χ4v) is 3.67. The number of benzene rings is 1. The molecule has 0 aliphatic rings. The Hall–Kier alpha value is -0.540. The number of nitrogens with one attached hydrogen (secondary N) is 1. The molecule has 4 heteroatoms. The van der Waals surface area contributed by atoms with Crippen molar-refractivity contribution in [1.29, 1.82) is 0 Å². The molecule has 0 radical (unpaired) electrons. The van der Waals surface area contributed by atoms with Crippen molar-refractivity contribution in [2.24, 2.45) is 0 Å². The molecule has 0 aliphatic carbocycles. The fourth-order valence-electron chi connectivity index (χ4n) is 2.07. The molecule has 1 heterocycles. The van der Waals surface area contributed by atoms with Crippen LogP contribution in [0.1, 0.15) is 35.2 Å². The van der Waals surface area contributed by atoms with Crippen LogP contribution in [0.15, 0.2) is 30.3 Å². The second kappa shape index (κ2) is 6.76. The first-order valence-corrected chi connectivity index (χ1v) is 7.99. The maximum absolute atomic E-state index is 6.11. The van der Waals surface area contributed by atoms with E-state index >= 15 is 0 Å². The van der Waals surface area contributed by atoms with Gasteiger partial charge in [-0.05, 0) is 48.9 Å². The van der Waals surface area contributed by atoms with Gasteiger partial charge in [0.25, 0.3) is 0 Å². The average molecular weight is 314 g/mol. The molecule has 1 aromatic carbocycles. The number of thiophene rings is 1. The standard InChI is InChI=1S/C15H17Cl2NS/c1-3-13-5-6-14(19-13)15(18-4-2)10-7-11(16)9-12(17)8-10/h5-9,15,18H,3-4H2,1-2H3. The summed E-state index contributed by atoms with van der Waals surface area (Å²) < 4.78 is 0. The molecule has 1 unspecified atom stereocenters. The minimum atomic E-state index is 0.159. The highest BCUT2D eigenvalue weighted by atomic mass is 35.5. The van der Waals surface area contributed by atoms with Crippen LogP contribution in [-0.4, -0.2) is 6.54 Å². The predicted molar refractivity (Wildman–Crippen MR) is 85.7 cm³/mol. The highest BCUT2D eigenvalue weighted by Crippen LogP contribution is 2.31. The molecule has 102 valence electrons. The Balaban J connectivity index is 2.38. The quantitative estimate of drug-likeness (QED) is 0.788. The largest absolute Gasteiger partial charge is 0.306 e. The number of rotatable bonds is 5. The Bertz CT molecular complexity index is 531. The molecule has 1 aromatic heterocycles. The fraction of sp³-hybridized carbons (Fsp3) is 0.333. The smallest absolute Gasteiger partial charge is 0.0672 e. The summed E-state index contributed by atoms with van der Waals surface area (Å²) in [5, 5.41) is 4.86. The van der Waals surface area contributed by atoms with E-state index in [9.17, 15) is 0 Å². The molecular formula is C15H17Cl2NS. The predicted octanol–water partition coefficient (Wildman–Crippen LogP) is 5.32. The Morgan fingerprint density at radius 1 is 1.11 bits per heavy atom. The zero-order valence-corrected chi connectivity index (χ0v) is 13.4. The second-order valence-electron chi connectivity index (χ2n) is 4.35. The van der Waals surface area contributed by atoms with E-state index in [0.717, 1.165) is 18.5 Å². The van der Waals surface area contributed by atoms with E-state index in [1.807, 2.05) is 23.5 Å². The second-order valence-corrected chi connectivity index (χ2v) is 6.42. The van der Waals surface area contributed by atoms with E-state index < -0.39 is 0 Å². The van der Waals surface area contributed by atoms with Gasteiger partial charge < -0.3 is 5.32 Å². The van der Waals surface area contributed by atoms with Crippen LogP contribution in [-0.2, 0) is 6.42 Å². The van der Waals surface area contributed by atoms with Gasteiger partial charge in [-0.1, -0.05) is 37.0 Å². The lowest BCUT2D eigenvalue weighted by Crippen LogP contribution is -2.21. The van der Waals surface area contributed by atoms with Gasteiger partial charge >= 0.3 is 0 Å². The molecule has 0 spiro atoms. The molecule has 0 amide bonds. The highest BCUT2D eigenvalue weighted by Gasteiger charge is 2.16. The first kappa shape index (κ1) is 14.9. The summed E-state index contributed by atoms with van der Waals surface area (Å²) in [5.41, 5.74) is 1.11. The molecule has 0 aliphatic heterocycles. The van der Waals surface area contributed by atoms with E-state index in [1.165, 1.54) is 9.75 Å². The van der Waals surface area contributed by atoms with E-state index in [0.29, 0.717) is 10.0 Å². The Kier molecular flexibility index (Phi) is 5.28. The molecule has 2 aromatic rings. The number of aryl methyl sites for hydroxylation is 1. The van der Waals surface area contributed by atoms with Gasteiger partial charge in [0.05, 0.1) is 6.04 Å². The van der Waals surface area contributed by atoms with Crippen LogP contribution in [0.25, 0.3) is 0 Å². The number of hydrogen-bond acceptors (Lipinski definition) is 2. The maximum Gasteiger partial charge on any atom is 0.0672 e. The molecule has 1 N–H and O–H groups in total. The van der Waals surface area contributed by atoms with Crippen molar-refractivity contribution in [3.63, 3.8) is 0 Å². The molecule has 0 fully saturated rings. The van der Waals surface area contributed by atoms with Crippen LogP contribution in [0.3, 0.4) is 0 Å². The maximum atomic E-state index is 6.11. The van der Waals surface area contributed by atoms with Gasteiger partial charge in [-0.15, -0.1) is 11.3 Å². The van der Waals surface area contributed by atoms with Gasteiger partial charge in [0, 0.05) is 19.8 Å². The van der Waals surface area contributed by atoms with E-state index in [-0.39, 0.29) is 6.04 Å². The lowest BCUT2D eigenvalue weighted by atomic mass is 10.1. The molecule has 0 bridgehead atoms. The van der Waals surface area contributed by atoms with Crippen molar-refractivity contribution in [2.45, 2.75) is 26.3 Å². The van der Waals surface area contributed by atoms with Crippen molar-refractivity contribution in [2.75, 3.05) is 6.54 Å². The Morgan fingerprint density at radius 2 is 1.79 bits per heavy atom. The first-order valence-electron chi connectivity index (χ1n) is 6.42. The summed E-state index contributed by atoms with van der Waals surface area (Å²) >= 11 is 14.0. The van der Waals surface area contributed by atoms with Crippen molar-refractivity contribution in [1.82, 2.24) is 5.32 Å². The summed E-state index contributed by atoms with van der Waals surface area (Å²) in [4.78, 5) is 2.70. The average Bonchev–Trinajstić information content (AvgIpc) is 2.83. The third kappa shape index (κ3) is 3.73. The van der Waals surface area contributed by atoms with Gasteiger partial charge in [0.2, 0.25) is 0 Å². The molecule has 1 atom stereocenters. The Morgan fingerprint density at radius 3 is 2.32 bits per heavy atom. The van der Waals surface area contributed by atoms with Gasteiger partial charge in [0.15, 0.2) is 0 Å². The highest BCUT2D eigenvalue weighted by molar-refractivity contribution is 7.12. The van der Waals surface area contributed by atoms with E-state index in [2.05, 4.69) is 31.3 Å². The zero-order chi connectivity index (χ0) is 13.8. The van der Waals surface area contributed by atoms with Crippen molar-refractivity contribution >= 4 is 34.5 Å². The molecule has 1 nitrogen and oxygen atoms in total. The van der Waals surface area contributed by atoms with Gasteiger partial charge in [-0.2, -0.15) is 0 Å². The first-order chi connectivity index (χ1) is 9.13. The molecule has 0 saturated carbocycles. The SMILES string of the molecule is CCNC(c1cc(Cl)cc(Cl)c1)c1ccc(CC)s1. The lowest BCUT2D eigenvalue weighted by Gasteiger charge is -2.17. The van der Waals surface area contributed by atoms with Crippen LogP contribution in [0, 0.1) is 0 Å². The van der Waals surface area contributed by atoms with Crippen LogP contribution in [0.5, 0.6) is 0 Å². The van der Waals surface area contributed by atoms with Crippen LogP contribution in [0.4, 0.5) is 0 Å². The minimum Gasteiger partial charge on any atom is -0.306 e. The van der Waals surface area contributed by atoms with Gasteiger partial charge in [0.1, 0.15) is 0 Å². The summed E-state index contributed by atoms with van der Waals surface area (Å²) in [6, 6.07) is 10.3. The molecular weight excluding hydrogens is 297 g/mol. The molecule has 19 heavy (non-hydrogen) atoms. The van der Waals surface area contributed by atoms with E-state index in [1.54, 1.807) is 6.07 Å². The summed E-state index contributed by atoms with van der Waals surface area (Å²) in [6.07, 6.45) is 1.07. The monoisotopic (exact) mass is 313 g/mol. The summed E-state index contributed by atoms with van der Waals surface area (Å²) in [6.45, 7) is 5.18. The van der Waals surface area contributed by atoms with Crippen LogP contribution in [0.2, 0.25) is 10.0 Å². The summed E-state index contributed by atoms with van der Waals surface area (Å²) in [5.74, 6) is 0. The third-order valence-electron chi connectivity index (χ3n) is 2.94. The van der Waals surface area contributed by atoms with Gasteiger partial charge in [-0.25, -0.2) is 0 Å². The molecule has 2 rings (SSSR count). The zero-order valence-electron chi connectivity index (χ0n) is 11.0. The number of hydrogen-bond donors (Lipinski definition) is 1.